The van der Waals surface area contributed by atoms with Crippen LogP contribution in [0.15, 0.2) is 30.6 Å². The molecular weight excluding hydrogens is 455 g/mol. The molecule has 0 aromatic carbocycles. The number of hydrogen-bond donors (Lipinski definition) is 3. The van der Waals surface area contributed by atoms with E-state index in [1.165, 1.54) is 12.3 Å². The van der Waals surface area contributed by atoms with Crippen LogP contribution in [-0.2, 0) is 27.3 Å². The van der Waals surface area contributed by atoms with E-state index < -0.39 is 47.7 Å². The molecule has 2 aromatic heterocycles. The minimum absolute atomic E-state index is 0.0531. The van der Waals surface area contributed by atoms with E-state index in [4.69, 9.17) is 0 Å². The van der Waals surface area contributed by atoms with Crippen LogP contribution in [0.3, 0.4) is 0 Å². The fourth-order valence-corrected chi connectivity index (χ4v) is 5.06. The molecular formula is C25H29FN4O5. The van der Waals surface area contributed by atoms with Crippen LogP contribution in [0.25, 0.3) is 0 Å². The van der Waals surface area contributed by atoms with Crippen LogP contribution in [0.2, 0.25) is 0 Å². The zero-order valence-corrected chi connectivity index (χ0v) is 19.7. The average molecular weight is 485 g/mol. The number of ketones is 1. The van der Waals surface area contributed by atoms with E-state index in [1.807, 2.05) is 30.7 Å². The standard InChI is InChI=1S/C25H29FN4O5/c1-3-13(2)21(29-23(32)15-6-8-27-19(26)11-15)24(33)28-17-5-4-14-7-9-30-12-16(25(34)35)10-18(31)20(17)22(14)30/h6-9,11,13,16-17,20-21H,3-5,10,12H2,1-2H3,(H,28,33)(H,29,32)(H,34,35)/t13?,16-,17-,20?,21?/m0/s1. The van der Waals surface area contributed by atoms with Gasteiger partial charge in [0.15, 0.2) is 0 Å². The van der Waals surface area contributed by atoms with E-state index >= 15 is 0 Å². The van der Waals surface area contributed by atoms with E-state index in [9.17, 15) is 28.7 Å². The summed E-state index contributed by atoms with van der Waals surface area (Å²) in [6.45, 7) is 3.93. The average Bonchev–Trinajstić information content (AvgIpc) is 3.16. The van der Waals surface area contributed by atoms with Crippen molar-refractivity contribution in [3.63, 3.8) is 0 Å². The highest BCUT2D eigenvalue weighted by Gasteiger charge is 2.43. The van der Waals surface area contributed by atoms with Crippen LogP contribution >= 0.6 is 0 Å². The Balaban J connectivity index is 1.56. The molecule has 0 bridgehead atoms. The summed E-state index contributed by atoms with van der Waals surface area (Å²) in [7, 11) is 0. The molecule has 0 radical (unpaired) electrons. The van der Waals surface area contributed by atoms with Gasteiger partial charge in [0.05, 0.1) is 11.8 Å². The Morgan fingerprint density at radius 2 is 2.09 bits per heavy atom. The van der Waals surface area contributed by atoms with Gasteiger partial charge in [0.2, 0.25) is 11.9 Å². The van der Waals surface area contributed by atoms with E-state index in [1.54, 1.807) is 0 Å². The largest absolute Gasteiger partial charge is 0.481 e. The van der Waals surface area contributed by atoms with Crippen molar-refractivity contribution in [2.45, 2.75) is 64.1 Å². The maximum absolute atomic E-state index is 13.5. The molecule has 5 atom stereocenters. The maximum Gasteiger partial charge on any atom is 0.308 e. The number of halogens is 1. The third kappa shape index (κ3) is 4.96. The Hall–Kier alpha value is -3.56. The maximum atomic E-state index is 13.5. The summed E-state index contributed by atoms with van der Waals surface area (Å²) in [5, 5.41) is 15.2. The van der Waals surface area contributed by atoms with Crippen molar-refractivity contribution in [3.8, 4) is 0 Å². The number of Topliss-reactive ketones (excluding diaryl/α,β-unsaturated/α-hetero) is 1. The van der Waals surface area contributed by atoms with Gasteiger partial charge in [-0.05, 0) is 36.5 Å². The lowest BCUT2D eigenvalue weighted by atomic mass is 9.79. The van der Waals surface area contributed by atoms with Crippen molar-refractivity contribution in [2.24, 2.45) is 11.8 Å². The first kappa shape index (κ1) is 24.6. The van der Waals surface area contributed by atoms with E-state index in [-0.39, 0.29) is 30.2 Å². The normalized spacial score (nSPS) is 22.9. The number of aryl methyl sites for hydroxylation is 1. The second-order valence-corrected chi connectivity index (χ2v) is 9.42. The van der Waals surface area contributed by atoms with Gasteiger partial charge in [-0.1, -0.05) is 20.3 Å². The van der Waals surface area contributed by atoms with Crippen molar-refractivity contribution in [3.05, 3.63) is 53.4 Å². The predicted octanol–water partition coefficient (Wildman–Crippen LogP) is 2.06. The van der Waals surface area contributed by atoms with Gasteiger partial charge in [-0.2, -0.15) is 4.39 Å². The minimum Gasteiger partial charge on any atom is -0.481 e. The van der Waals surface area contributed by atoms with Crippen molar-refractivity contribution in [2.75, 3.05) is 0 Å². The molecule has 186 valence electrons. The molecule has 4 rings (SSSR count). The van der Waals surface area contributed by atoms with Crippen LogP contribution in [0, 0.1) is 17.8 Å². The lowest BCUT2D eigenvalue weighted by Gasteiger charge is -2.34. The monoisotopic (exact) mass is 484 g/mol. The number of carboxylic acid groups (broad SMARTS) is 1. The van der Waals surface area contributed by atoms with Crippen LogP contribution in [0.1, 0.15) is 60.6 Å². The zero-order chi connectivity index (χ0) is 25.3. The first-order valence-corrected chi connectivity index (χ1v) is 11.9. The Kier molecular flexibility index (Phi) is 7.00. The summed E-state index contributed by atoms with van der Waals surface area (Å²) >= 11 is 0. The molecule has 3 heterocycles. The Labute approximate surface area is 202 Å². The minimum atomic E-state index is -1.02. The third-order valence-corrected chi connectivity index (χ3v) is 7.17. The lowest BCUT2D eigenvalue weighted by molar-refractivity contribution is -0.144. The number of aliphatic carboxylic acids is 1. The highest BCUT2D eigenvalue weighted by molar-refractivity contribution is 5.98. The van der Waals surface area contributed by atoms with E-state index in [2.05, 4.69) is 15.6 Å². The molecule has 1 aliphatic carbocycles. The molecule has 2 aromatic rings. The van der Waals surface area contributed by atoms with Crippen molar-refractivity contribution in [1.29, 1.82) is 0 Å². The fourth-order valence-electron chi connectivity index (χ4n) is 5.06. The Bertz CT molecular complexity index is 1160. The number of carbonyl (C=O) groups is 4. The topological polar surface area (TPSA) is 130 Å². The summed E-state index contributed by atoms with van der Waals surface area (Å²) in [5.74, 6) is -4.75. The first-order chi connectivity index (χ1) is 16.7. The number of hydrogen-bond acceptors (Lipinski definition) is 5. The van der Waals surface area contributed by atoms with Crippen molar-refractivity contribution < 1.29 is 28.7 Å². The second kappa shape index (κ2) is 9.97. The lowest BCUT2D eigenvalue weighted by Crippen LogP contribution is -2.55. The molecule has 0 saturated heterocycles. The number of carbonyl (C=O) groups excluding carboxylic acids is 3. The van der Waals surface area contributed by atoms with Crippen molar-refractivity contribution in [1.82, 2.24) is 20.2 Å². The number of amides is 2. The molecule has 35 heavy (non-hydrogen) atoms. The second-order valence-electron chi connectivity index (χ2n) is 9.42. The van der Waals surface area contributed by atoms with Crippen molar-refractivity contribution >= 4 is 23.6 Å². The van der Waals surface area contributed by atoms with Gasteiger partial charge in [-0.3, -0.25) is 19.2 Å². The van der Waals surface area contributed by atoms with Crippen LogP contribution in [0.5, 0.6) is 0 Å². The number of pyridine rings is 1. The molecule has 3 N–H and O–H groups in total. The number of nitrogens with zero attached hydrogens (tertiary/aromatic N) is 2. The summed E-state index contributed by atoms with van der Waals surface area (Å²) in [6, 6.07) is 2.86. The van der Waals surface area contributed by atoms with Gasteiger partial charge >= 0.3 is 5.97 Å². The molecule has 0 spiro atoms. The van der Waals surface area contributed by atoms with E-state index in [0.29, 0.717) is 19.3 Å². The van der Waals surface area contributed by atoms with Crippen LogP contribution in [0.4, 0.5) is 4.39 Å². The molecule has 10 heteroatoms. The quantitative estimate of drug-likeness (QED) is 0.516. The number of nitrogens with one attached hydrogen (secondary N) is 2. The molecule has 2 amide bonds. The highest BCUT2D eigenvalue weighted by atomic mass is 19.1. The predicted molar refractivity (Wildman–Crippen MR) is 123 cm³/mol. The molecule has 9 nitrogen and oxygen atoms in total. The molecule has 1 aliphatic heterocycles. The summed E-state index contributed by atoms with van der Waals surface area (Å²) in [6.07, 6.45) is 4.65. The zero-order valence-electron chi connectivity index (χ0n) is 19.7. The van der Waals surface area contributed by atoms with Gasteiger partial charge in [-0.25, -0.2) is 4.98 Å². The Morgan fingerprint density at radius 1 is 1.31 bits per heavy atom. The number of aromatic nitrogens is 2. The highest BCUT2D eigenvalue weighted by Crippen LogP contribution is 2.38. The third-order valence-electron chi connectivity index (χ3n) is 7.17. The van der Waals surface area contributed by atoms with Gasteiger partial charge in [0.25, 0.3) is 5.91 Å². The Morgan fingerprint density at radius 3 is 2.77 bits per heavy atom. The summed E-state index contributed by atoms with van der Waals surface area (Å²) in [4.78, 5) is 54.5. The fraction of sp³-hybridized carbons (Fsp3) is 0.480. The van der Waals surface area contributed by atoms with Crippen LogP contribution < -0.4 is 10.6 Å². The smallest absolute Gasteiger partial charge is 0.308 e. The molecule has 3 unspecified atom stereocenters. The summed E-state index contributed by atoms with van der Waals surface area (Å²) in [5.41, 5.74) is 1.82. The van der Waals surface area contributed by atoms with Gasteiger partial charge in [-0.15, -0.1) is 0 Å². The number of carboxylic acids is 1. The van der Waals surface area contributed by atoms with Crippen LogP contribution in [-0.4, -0.2) is 50.3 Å². The summed E-state index contributed by atoms with van der Waals surface area (Å²) < 4.78 is 15.3. The molecule has 0 saturated carbocycles. The first-order valence-electron chi connectivity index (χ1n) is 11.9. The van der Waals surface area contributed by atoms with Gasteiger partial charge < -0.3 is 20.3 Å². The van der Waals surface area contributed by atoms with Gasteiger partial charge in [0, 0.05) is 48.7 Å². The van der Waals surface area contributed by atoms with E-state index in [0.717, 1.165) is 17.3 Å². The van der Waals surface area contributed by atoms with Gasteiger partial charge in [0.1, 0.15) is 11.8 Å². The molecule has 2 aliphatic rings. The molecule has 0 fully saturated rings. The number of rotatable bonds is 7. The SMILES string of the molecule is CCC(C)C(NC(=O)c1ccnc(F)c1)C(=O)N[C@H]1CCc2ccn3c2C1C(=O)C[C@H](C(=O)O)C3.